The van der Waals surface area contributed by atoms with Gasteiger partial charge >= 0.3 is 6.18 Å². The Labute approximate surface area is 113 Å². The first kappa shape index (κ1) is 16.4. The van der Waals surface area contributed by atoms with Gasteiger partial charge in [0.15, 0.2) is 0 Å². The van der Waals surface area contributed by atoms with Gasteiger partial charge in [0.1, 0.15) is 18.2 Å². The number of carbonyl (C=O) groups is 1. The van der Waals surface area contributed by atoms with Gasteiger partial charge in [0.25, 0.3) is 5.91 Å². The third-order valence-electron chi connectivity index (χ3n) is 2.60. The van der Waals surface area contributed by atoms with Crippen LogP contribution in [0.15, 0.2) is 18.2 Å². The van der Waals surface area contributed by atoms with E-state index >= 15 is 0 Å². The zero-order chi connectivity index (χ0) is 15.3. The molecule has 112 valence electrons. The minimum absolute atomic E-state index is 0.133. The number of hydrogen-bond donors (Lipinski definition) is 0. The van der Waals surface area contributed by atoms with E-state index < -0.39 is 35.8 Å². The lowest BCUT2D eigenvalue weighted by atomic mass is 10.1. The van der Waals surface area contributed by atoms with E-state index in [0.29, 0.717) is 23.8 Å². The van der Waals surface area contributed by atoms with Crippen molar-refractivity contribution in [3.8, 4) is 0 Å². The number of rotatable bonds is 5. The second kappa shape index (κ2) is 6.67. The first-order valence-corrected chi connectivity index (χ1v) is 6.05. The number of hydrogen-bond acceptors (Lipinski definition) is 1. The molecular formula is C13H14F5NO. The number of benzene rings is 1. The lowest BCUT2D eigenvalue weighted by Gasteiger charge is -2.24. The second-order valence-corrected chi connectivity index (χ2v) is 4.32. The van der Waals surface area contributed by atoms with Crippen LogP contribution in [0.1, 0.15) is 30.1 Å². The van der Waals surface area contributed by atoms with Crippen molar-refractivity contribution in [2.45, 2.75) is 25.9 Å². The first-order chi connectivity index (χ1) is 9.24. The van der Waals surface area contributed by atoms with Gasteiger partial charge in [-0.1, -0.05) is 13.3 Å². The van der Waals surface area contributed by atoms with Crippen LogP contribution in [0.2, 0.25) is 0 Å². The van der Waals surface area contributed by atoms with Crippen LogP contribution in [0.25, 0.3) is 0 Å². The summed E-state index contributed by atoms with van der Waals surface area (Å²) in [7, 11) is 0. The van der Waals surface area contributed by atoms with Crippen LogP contribution in [-0.4, -0.2) is 30.1 Å². The van der Waals surface area contributed by atoms with E-state index in [1.54, 1.807) is 6.92 Å². The molecule has 0 aliphatic rings. The molecule has 0 atom stereocenters. The summed E-state index contributed by atoms with van der Waals surface area (Å²) in [6.07, 6.45) is -3.61. The fourth-order valence-electron chi connectivity index (χ4n) is 1.65. The number of amides is 1. The van der Waals surface area contributed by atoms with E-state index in [-0.39, 0.29) is 6.54 Å². The Morgan fingerprint density at radius 1 is 1.25 bits per heavy atom. The van der Waals surface area contributed by atoms with Crippen LogP contribution in [0.5, 0.6) is 0 Å². The molecule has 0 spiro atoms. The largest absolute Gasteiger partial charge is 0.406 e. The van der Waals surface area contributed by atoms with Gasteiger partial charge in [-0.25, -0.2) is 8.78 Å². The summed E-state index contributed by atoms with van der Waals surface area (Å²) in [6.45, 7) is 0.170. The highest BCUT2D eigenvalue weighted by Gasteiger charge is 2.33. The highest BCUT2D eigenvalue weighted by molar-refractivity contribution is 5.94. The number of nitrogens with zero attached hydrogens (tertiary/aromatic N) is 1. The number of alkyl halides is 3. The molecule has 7 heteroatoms. The molecule has 0 aromatic heterocycles. The zero-order valence-electron chi connectivity index (χ0n) is 10.8. The van der Waals surface area contributed by atoms with E-state index in [0.717, 1.165) is 12.1 Å². The summed E-state index contributed by atoms with van der Waals surface area (Å²) in [5.74, 6) is -3.15. The predicted molar refractivity (Wildman–Crippen MR) is 63.2 cm³/mol. The van der Waals surface area contributed by atoms with Gasteiger partial charge in [0, 0.05) is 12.6 Å². The molecule has 20 heavy (non-hydrogen) atoms. The monoisotopic (exact) mass is 295 g/mol. The minimum atomic E-state index is -4.57. The van der Waals surface area contributed by atoms with Crippen LogP contribution >= 0.6 is 0 Å². The molecule has 1 aromatic rings. The van der Waals surface area contributed by atoms with Crippen LogP contribution in [0.4, 0.5) is 22.0 Å². The number of carbonyl (C=O) groups excluding carboxylic acids is 1. The summed E-state index contributed by atoms with van der Waals surface area (Å²) in [6, 6.07) is 2.16. The lowest BCUT2D eigenvalue weighted by Crippen LogP contribution is -2.40. The fraction of sp³-hybridized carbons (Fsp3) is 0.462. The topological polar surface area (TPSA) is 20.3 Å². The van der Waals surface area contributed by atoms with E-state index in [4.69, 9.17) is 0 Å². The molecule has 0 heterocycles. The van der Waals surface area contributed by atoms with Gasteiger partial charge in [0.2, 0.25) is 0 Å². The molecule has 0 radical (unpaired) electrons. The molecule has 2 nitrogen and oxygen atoms in total. The Morgan fingerprint density at radius 3 is 2.40 bits per heavy atom. The predicted octanol–water partition coefficient (Wildman–Crippen LogP) is 3.77. The molecule has 0 saturated heterocycles. The molecule has 1 aromatic carbocycles. The Balaban J connectivity index is 2.96. The van der Waals surface area contributed by atoms with Crippen molar-refractivity contribution in [3.05, 3.63) is 35.4 Å². The van der Waals surface area contributed by atoms with E-state index in [2.05, 4.69) is 0 Å². The van der Waals surface area contributed by atoms with Gasteiger partial charge in [-0.3, -0.25) is 4.79 Å². The van der Waals surface area contributed by atoms with Crippen molar-refractivity contribution in [1.29, 1.82) is 0 Å². The molecule has 1 amide bonds. The summed E-state index contributed by atoms with van der Waals surface area (Å²) < 4.78 is 63.5. The average Bonchev–Trinajstić information content (AvgIpc) is 2.32. The highest BCUT2D eigenvalue weighted by atomic mass is 19.4. The Bertz CT molecular complexity index is 472. The Kier molecular flexibility index (Phi) is 5.47. The standard InChI is InChI=1S/C13H14F5NO/c1-2-3-6-19(8-13(16,17)18)12(20)10-5-4-9(14)7-11(10)15/h4-5,7H,2-3,6,8H2,1H3. The summed E-state index contributed by atoms with van der Waals surface area (Å²) >= 11 is 0. The van der Waals surface area contributed by atoms with Crippen LogP contribution in [0.3, 0.4) is 0 Å². The summed E-state index contributed by atoms with van der Waals surface area (Å²) in [4.78, 5) is 12.5. The molecule has 0 aliphatic heterocycles. The highest BCUT2D eigenvalue weighted by Crippen LogP contribution is 2.20. The maximum absolute atomic E-state index is 13.4. The van der Waals surface area contributed by atoms with Crippen molar-refractivity contribution < 1.29 is 26.7 Å². The van der Waals surface area contributed by atoms with Gasteiger partial charge in [-0.15, -0.1) is 0 Å². The summed E-state index contributed by atoms with van der Waals surface area (Å²) in [5.41, 5.74) is -0.563. The van der Waals surface area contributed by atoms with Gasteiger partial charge in [-0.05, 0) is 18.6 Å². The van der Waals surface area contributed by atoms with Gasteiger partial charge in [0.05, 0.1) is 5.56 Å². The normalized spacial score (nSPS) is 11.5. The molecule has 0 unspecified atom stereocenters. The Morgan fingerprint density at radius 2 is 1.90 bits per heavy atom. The van der Waals surface area contributed by atoms with Crippen LogP contribution < -0.4 is 0 Å². The maximum Gasteiger partial charge on any atom is 0.406 e. The maximum atomic E-state index is 13.4. The molecule has 0 fully saturated rings. The second-order valence-electron chi connectivity index (χ2n) is 4.32. The SMILES string of the molecule is CCCCN(CC(F)(F)F)C(=O)c1ccc(F)cc1F. The minimum Gasteiger partial charge on any atom is -0.329 e. The van der Waals surface area contributed by atoms with E-state index in [1.165, 1.54) is 0 Å². The third kappa shape index (κ3) is 4.79. The lowest BCUT2D eigenvalue weighted by molar-refractivity contribution is -0.140. The molecule has 0 N–H and O–H groups in total. The number of halogens is 5. The first-order valence-electron chi connectivity index (χ1n) is 6.05. The Hall–Kier alpha value is -1.66. The van der Waals surface area contributed by atoms with Gasteiger partial charge in [-0.2, -0.15) is 13.2 Å². The zero-order valence-corrected chi connectivity index (χ0v) is 10.8. The quantitative estimate of drug-likeness (QED) is 0.757. The molecule has 0 aliphatic carbocycles. The van der Waals surface area contributed by atoms with E-state index in [9.17, 15) is 26.7 Å². The molecule has 0 saturated carbocycles. The van der Waals surface area contributed by atoms with Crippen LogP contribution in [0, 0.1) is 11.6 Å². The van der Waals surface area contributed by atoms with Crippen molar-refractivity contribution in [3.63, 3.8) is 0 Å². The van der Waals surface area contributed by atoms with Crippen molar-refractivity contribution in [1.82, 2.24) is 4.90 Å². The number of unbranched alkanes of at least 4 members (excludes halogenated alkanes) is 1. The molecule has 1 rings (SSSR count). The van der Waals surface area contributed by atoms with Crippen molar-refractivity contribution >= 4 is 5.91 Å². The van der Waals surface area contributed by atoms with Crippen molar-refractivity contribution in [2.75, 3.05) is 13.1 Å². The third-order valence-corrected chi connectivity index (χ3v) is 2.60. The molecular weight excluding hydrogens is 281 g/mol. The smallest absolute Gasteiger partial charge is 0.329 e. The fourth-order valence-corrected chi connectivity index (χ4v) is 1.65. The average molecular weight is 295 g/mol. The van der Waals surface area contributed by atoms with E-state index in [1.807, 2.05) is 0 Å². The summed E-state index contributed by atoms with van der Waals surface area (Å²) in [5, 5.41) is 0. The van der Waals surface area contributed by atoms with Crippen molar-refractivity contribution in [2.24, 2.45) is 0 Å². The molecule has 0 bridgehead atoms. The van der Waals surface area contributed by atoms with Crippen LogP contribution in [-0.2, 0) is 0 Å². The van der Waals surface area contributed by atoms with Gasteiger partial charge < -0.3 is 4.90 Å².